The Kier molecular flexibility index (Phi) is 6.54. The molecular weight excluding hydrogens is 366 g/mol. The van der Waals surface area contributed by atoms with Crippen molar-refractivity contribution in [1.82, 2.24) is 5.43 Å². The molecule has 0 saturated carbocycles. The summed E-state index contributed by atoms with van der Waals surface area (Å²) in [6.45, 7) is 5.53. The van der Waals surface area contributed by atoms with Gasteiger partial charge < -0.3 is 14.6 Å². The third-order valence-corrected chi connectivity index (χ3v) is 4.12. The van der Waals surface area contributed by atoms with Gasteiger partial charge in [-0.05, 0) is 43.5 Å². The molecule has 0 unspecified atom stereocenters. The van der Waals surface area contributed by atoms with Crippen LogP contribution in [-0.2, 0) is 4.79 Å². The maximum Gasteiger partial charge on any atom is 0.315 e. The Balaban J connectivity index is 2.03. The Hall–Kier alpha value is -3.62. The maximum atomic E-state index is 11.9. The molecule has 28 heavy (non-hydrogen) atoms. The van der Waals surface area contributed by atoms with Crippen molar-refractivity contribution in [2.45, 2.75) is 20.8 Å². The summed E-state index contributed by atoms with van der Waals surface area (Å²) in [4.78, 5) is 22.2. The first-order valence-corrected chi connectivity index (χ1v) is 8.31. The molecule has 9 heteroatoms. The number of amides is 1. The molecule has 0 heterocycles. The van der Waals surface area contributed by atoms with E-state index in [2.05, 4.69) is 10.5 Å². The predicted octanol–water partition coefficient (Wildman–Crippen LogP) is 2.76. The van der Waals surface area contributed by atoms with E-state index in [1.54, 1.807) is 0 Å². The fourth-order valence-corrected chi connectivity index (χ4v) is 2.48. The lowest BCUT2D eigenvalue weighted by atomic mass is 10.1. The molecule has 2 N–H and O–H groups in total. The van der Waals surface area contributed by atoms with Crippen LogP contribution in [0.2, 0.25) is 0 Å². The monoisotopic (exact) mass is 387 g/mol. The maximum absolute atomic E-state index is 11.9. The molecule has 0 spiro atoms. The molecule has 0 atom stereocenters. The average molecular weight is 387 g/mol. The van der Waals surface area contributed by atoms with E-state index in [9.17, 15) is 20.0 Å². The Morgan fingerprint density at radius 2 is 1.96 bits per heavy atom. The van der Waals surface area contributed by atoms with E-state index < -0.39 is 22.3 Å². The summed E-state index contributed by atoms with van der Waals surface area (Å²) in [7, 11) is 1.27. The quantitative estimate of drug-likeness (QED) is 0.428. The zero-order valence-electron chi connectivity index (χ0n) is 16.0. The average Bonchev–Trinajstić information content (AvgIpc) is 2.65. The smallest absolute Gasteiger partial charge is 0.315 e. The van der Waals surface area contributed by atoms with Gasteiger partial charge in [-0.3, -0.25) is 14.9 Å². The second kappa shape index (κ2) is 8.85. The number of aromatic hydroxyl groups is 1. The molecule has 2 aromatic rings. The molecule has 0 fully saturated rings. The summed E-state index contributed by atoms with van der Waals surface area (Å²) in [6.07, 6.45) is 1.20. The van der Waals surface area contributed by atoms with Crippen LogP contribution in [0.4, 0.5) is 5.69 Å². The van der Waals surface area contributed by atoms with Crippen LogP contribution >= 0.6 is 0 Å². The Morgan fingerprint density at radius 3 is 2.61 bits per heavy atom. The first kappa shape index (κ1) is 20.7. The highest BCUT2D eigenvalue weighted by molar-refractivity contribution is 5.85. The van der Waals surface area contributed by atoms with E-state index >= 15 is 0 Å². The van der Waals surface area contributed by atoms with Crippen molar-refractivity contribution in [3.8, 4) is 17.2 Å². The molecule has 0 radical (unpaired) electrons. The van der Waals surface area contributed by atoms with Crippen LogP contribution in [-0.4, -0.2) is 35.9 Å². The van der Waals surface area contributed by atoms with Gasteiger partial charge in [-0.25, -0.2) is 5.43 Å². The van der Waals surface area contributed by atoms with Gasteiger partial charge in [0, 0.05) is 11.6 Å². The number of ether oxygens (including phenoxy) is 2. The van der Waals surface area contributed by atoms with Gasteiger partial charge in [-0.1, -0.05) is 12.1 Å². The molecule has 2 rings (SSSR count). The van der Waals surface area contributed by atoms with Gasteiger partial charge in [0.2, 0.25) is 5.75 Å². The first-order valence-electron chi connectivity index (χ1n) is 8.31. The SMILES string of the molecule is COc1cc(/C=N/NC(=O)COc2c(C)ccc(C)c2C)cc([N+](=O)[O-])c1O. The zero-order chi connectivity index (χ0) is 20.8. The summed E-state index contributed by atoms with van der Waals surface area (Å²) >= 11 is 0. The molecule has 0 aliphatic carbocycles. The van der Waals surface area contributed by atoms with Crippen molar-refractivity contribution in [2.24, 2.45) is 5.10 Å². The van der Waals surface area contributed by atoms with Crippen molar-refractivity contribution in [3.05, 3.63) is 56.6 Å². The number of hydrogen-bond donors (Lipinski definition) is 2. The number of nitrogens with one attached hydrogen (secondary N) is 1. The van der Waals surface area contributed by atoms with Crippen LogP contribution in [0.15, 0.2) is 29.4 Å². The highest BCUT2D eigenvalue weighted by Crippen LogP contribution is 2.36. The number of methoxy groups -OCH3 is 1. The van der Waals surface area contributed by atoms with E-state index in [1.807, 2.05) is 32.9 Å². The minimum atomic E-state index is -0.742. The van der Waals surface area contributed by atoms with E-state index in [4.69, 9.17) is 9.47 Å². The second-order valence-corrected chi connectivity index (χ2v) is 6.08. The minimum absolute atomic E-state index is 0.0734. The normalized spacial score (nSPS) is 10.7. The van der Waals surface area contributed by atoms with Crippen LogP contribution in [0.1, 0.15) is 22.3 Å². The third kappa shape index (κ3) is 4.76. The first-order chi connectivity index (χ1) is 13.2. The summed E-state index contributed by atoms with van der Waals surface area (Å²) in [5.41, 5.74) is 4.97. The van der Waals surface area contributed by atoms with Crippen molar-refractivity contribution < 1.29 is 24.3 Å². The van der Waals surface area contributed by atoms with Crippen molar-refractivity contribution in [2.75, 3.05) is 13.7 Å². The van der Waals surface area contributed by atoms with Gasteiger partial charge in [0.15, 0.2) is 12.4 Å². The molecular formula is C19H21N3O6. The number of hydrazone groups is 1. The fourth-order valence-electron chi connectivity index (χ4n) is 2.48. The molecule has 0 saturated heterocycles. The predicted molar refractivity (Wildman–Crippen MR) is 103 cm³/mol. The number of aryl methyl sites for hydroxylation is 2. The number of rotatable bonds is 7. The molecule has 1 amide bonds. The molecule has 0 aliphatic heterocycles. The number of carbonyl (C=O) groups is 1. The standard InChI is InChI=1S/C19H21N3O6/c1-11-5-6-12(2)19(13(11)3)28-10-17(23)21-20-9-14-7-15(22(25)26)18(24)16(8-14)27-4/h5-9,24H,10H2,1-4H3,(H,21,23)/b20-9+. The van der Waals surface area contributed by atoms with Gasteiger partial charge in [0.25, 0.3) is 5.91 Å². The number of nitro benzene ring substituents is 1. The largest absolute Gasteiger partial charge is 0.500 e. The Bertz CT molecular complexity index is 940. The number of phenols is 1. The minimum Gasteiger partial charge on any atom is -0.500 e. The van der Waals surface area contributed by atoms with E-state index in [1.165, 1.54) is 19.4 Å². The summed E-state index contributed by atoms with van der Waals surface area (Å²) in [5.74, 6) is -0.489. The lowest BCUT2D eigenvalue weighted by Crippen LogP contribution is -2.25. The van der Waals surface area contributed by atoms with Crippen LogP contribution in [0, 0.1) is 30.9 Å². The van der Waals surface area contributed by atoms with Gasteiger partial charge in [-0.2, -0.15) is 5.10 Å². The number of carbonyl (C=O) groups excluding carboxylic acids is 1. The molecule has 0 aliphatic rings. The molecule has 0 aromatic heterocycles. The summed E-state index contributed by atoms with van der Waals surface area (Å²) in [6, 6.07) is 6.36. The summed E-state index contributed by atoms with van der Waals surface area (Å²) in [5, 5.41) is 24.5. The highest BCUT2D eigenvalue weighted by Gasteiger charge is 2.19. The van der Waals surface area contributed by atoms with Crippen LogP contribution in [0.25, 0.3) is 0 Å². The number of benzene rings is 2. The number of nitrogens with zero attached hydrogens (tertiary/aromatic N) is 2. The fraction of sp³-hybridized carbons (Fsp3) is 0.263. The number of phenolic OH excluding ortho intramolecular Hbond substituents is 1. The molecule has 148 valence electrons. The van der Waals surface area contributed by atoms with Crippen LogP contribution in [0.3, 0.4) is 0 Å². The molecule has 0 bridgehead atoms. The van der Waals surface area contributed by atoms with Crippen LogP contribution in [0.5, 0.6) is 17.2 Å². The van der Waals surface area contributed by atoms with Crippen molar-refractivity contribution in [3.63, 3.8) is 0 Å². The van der Waals surface area contributed by atoms with Gasteiger partial charge in [0.05, 0.1) is 18.2 Å². The Morgan fingerprint density at radius 1 is 1.29 bits per heavy atom. The van der Waals surface area contributed by atoms with Gasteiger partial charge >= 0.3 is 5.69 Å². The lowest BCUT2D eigenvalue weighted by Gasteiger charge is -2.13. The van der Waals surface area contributed by atoms with E-state index in [0.717, 1.165) is 22.8 Å². The highest BCUT2D eigenvalue weighted by atomic mass is 16.6. The molecule has 9 nitrogen and oxygen atoms in total. The number of hydrogen-bond acceptors (Lipinski definition) is 7. The van der Waals surface area contributed by atoms with Gasteiger partial charge in [0.1, 0.15) is 5.75 Å². The van der Waals surface area contributed by atoms with Crippen LogP contribution < -0.4 is 14.9 Å². The summed E-state index contributed by atoms with van der Waals surface area (Å²) < 4.78 is 10.5. The molecule has 2 aromatic carbocycles. The van der Waals surface area contributed by atoms with Crippen molar-refractivity contribution in [1.29, 1.82) is 0 Å². The van der Waals surface area contributed by atoms with E-state index in [-0.39, 0.29) is 17.9 Å². The second-order valence-electron chi connectivity index (χ2n) is 6.08. The third-order valence-electron chi connectivity index (χ3n) is 4.12. The topological polar surface area (TPSA) is 123 Å². The van der Waals surface area contributed by atoms with Crippen molar-refractivity contribution >= 4 is 17.8 Å². The van der Waals surface area contributed by atoms with Gasteiger partial charge in [-0.15, -0.1) is 0 Å². The lowest BCUT2D eigenvalue weighted by molar-refractivity contribution is -0.386. The Labute approximate surface area is 161 Å². The zero-order valence-corrected chi connectivity index (χ0v) is 16.0. The van der Waals surface area contributed by atoms with E-state index in [0.29, 0.717) is 5.75 Å². The number of nitro groups is 1.